The molecule has 1 aromatic rings. The zero-order valence-corrected chi connectivity index (χ0v) is 8.23. The summed E-state index contributed by atoms with van der Waals surface area (Å²) < 4.78 is 0. The van der Waals surface area contributed by atoms with Crippen molar-refractivity contribution in [2.24, 2.45) is 0 Å². The average molecular weight is 187 g/mol. The summed E-state index contributed by atoms with van der Waals surface area (Å²) in [6, 6.07) is 8.35. The Kier molecular flexibility index (Phi) is 2.12. The Labute approximate surface area is 83.8 Å². The maximum atomic E-state index is 11.5. The first kappa shape index (κ1) is 9.00. The zero-order valence-electron chi connectivity index (χ0n) is 8.23. The number of hydrogen-bond acceptors (Lipinski definition) is 1. The van der Waals surface area contributed by atoms with Crippen molar-refractivity contribution in [2.75, 3.05) is 0 Å². The molecular weight excluding hydrogens is 174 g/mol. The van der Waals surface area contributed by atoms with Crippen molar-refractivity contribution >= 4 is 5.91 Å². The van der Waals surface area contributed by atoms with Crippen LogP contribution in [0.3, 0.4) is 0 Å². The van der Waals surface area contributed by atoms with E-state index in [1.807, 2.05) is 24.0 Å². The van der Waals surface area contributed by atoms with Crippen molar-refractivity contribution in [1.82, 2.24) is 4.90 Å². The van der Waals surface area contributed by atoms with E-state index in [1.54, 1.807) is 0 Å². The molecule has 1 aliphatic rings. The molecule has 1 aromatic carbocycles. The summed E-state index contributed by atoms with van der Waals surface area (Å²) in [5.74, 6) is 0.00806. The van der Waals surface area contributed by atoms with Gasteiger partial charge in [-0.2, -0.15) is 0 Å². The van der Waals surface area contributed by atoms with Gasteiger partial charge in [-0.3, -0.25) is 4.79 Å². The van der Waals surface area contributed by atoms with E-state index < -0.39 is 0 Å². The van der Waals surface area contributed by atoms with E-state index in [1.165, 1.54) is 17.2 Å². The van der Waals surface area contributed by atoms with E-state index in [0.717, 1.165) is 0 Å². The second-order valence-corrected chi connectivity index (χ2v) is 3.55. The number of amides is 1. The third-order valence-corrected chi connectivity index (χ3v) is 2.77. The SMILES string of the molecule is C=CC(=O)N1Cc2ccccc2[C@H]1C. The predicted molar refractivity (Wildman–Crippen MR) is 55.6 cm³/mol. The van der Waals surface area contributed by atoms with E-state index in [9.17, 15) is 4.79 Å². The Bertz CT molecular complexity index is 384. The van der Waals surface area contributed by atoms with Gasteiger partial charge in [0.1, 0.15) is 0 Å². The van der Waals surface area contributed by atoms with Gasteiger partial charge in [0.15, 0.2) is 0 Å². The lowest BCUT2D eigenvalue weighted by molar-refractivity contribution is -0.127. The molecule has 0 spiro atoms. The Hall–Kier alpha value is -1.57. The quantitative estimate of drug-likeness (QED) is 0.618. The number of carbonyl (C=O) groups is 1. The summed E-state index contributed by atoms with van der Waals surface area (Å²) in [6.07, 6.45) is 1.38. The summed E-state index contributed by atoms with van der Waals surface area (Å²) in [5.41, 5.74) is 2.50. The van der Waals surface area contributed by atoms with Crippen LogP contribution >= 0.6 is 0 Å². The summed E-state index contributed by atoms with van der Waals surface area (Å²) in [4.78, 5) is 13.3. The largest absolute Gasteiger partial charge is 0.328 e. The van der Waals surface area contributed by atoms with Crippen molar-refractivity contribution < 1.29 is 4.79 Å². The normalized spacial score (nSPS) is 19.2. The molecule has 0 bridgehead atoms. The van der Waals surface area contributed by atoms with Gasteiger partial charge in [0.2, 0.25) is 5.91 Å². The molecule has 0 unspecified atom stereocenters. The lowest BCUT2D eigenvalue weighted by Gasteiger charge is -2.19. The molecule has 2 rings (SSSR count). The van der Waals surface area contributed by atoms with Gasteiger partial charge in [-0.25, -0.2) is 0 Å². The summed E-state index contributed by atoms with van der Waals surface area (Å²) in [7, 11) is 0. The fourth-order valence-electron chi connectivity index (χ4n) is 1.96. The van der Waals surface area contributed by atoms with Crippen molar-refractivity contribution in [3.63, 3.8) is 0 Å². The number of carbonyl (C=O) groups excluding carboxylic acids is 1. The van der Waals surface area contributed by atoms with Crippen molar-refractivity contribution in [3.05, 3.63) is 48.0 Å². The minimum Gasteiger partial charge on any atom is -0.328 e. The van der Waals surface area contributed by atoms with Crippen molar-refractivity contribution in [3.8, 4) is 0 Å². The molecule has 0 saturated carbocycles. The number of benzene rings is 1. The number of nitrogens with zero attached hydrogens (tertiary/aromatic N) is 1. The van der Waals surface area contributed by atoms with Crippen LogP contribution in [0.2, 0.25) is 0 Å². The zero-order chi connectivity index (χ0) is 10.1. The minimum absolute atomic E-state index is 0.00806. The van der Waals surface area contributed by atoms with Gasteiger partial charge in [0, 0.05) is 6.54 Å². The highest BCUT2D eigenvalue weighted by Gasteiger charge is 2.28. The van der Waals surface area contributed by atoms with Crippen LogP contribution in [-0.4, -0.2) is 10.8 Å². The number of rotatable bonds is 1. The number of fused-ring (bicyclic) bond motifs is 1. The third-order valence-electron chi connectivity index (χ3n) is 2.77. The molecule has 1 heterocycles. The second-order valence-electron chi connectivity index (χ2n) is 3.55. The highest BCUT2D eigenvalue weighted by molar-refractivity contribution is 5.87. The van der Waals surface area contributed by atoms with Crippen LogP contribution in [0, 0.1) is 0 Å². The van der Waals surface area contributed by atoms with Gasteiger partial charge in [-0.1, -0.05) is 30.8 Å². The van der Waals surface area contributed by atoms with Gasteiger partial charge in [-0.05, 0) is 24.1 Å². The molecular formula is C12H13NO. The van der Waals surface area contributed by atoms with Crippen LogP contribution < -0.4 is 0 Å². The molecule has 1 atom stereocenters. The van der Waals surface area contributed by atoms with E-state index in [4.69, 9.17) is 0 Å². The first-order chi connectivity index (χ1) is 6.74. The third kappa shape index (κ3) is 1.23. The van der Waals surface area contributed by atoms with E-state index in [2.05, 4.69) is 18.7 Å². The van der Waals surface area contributed by atoms with Gasteiger partial charge in [0.25, 0.3) is 0 Å². The topological polar surface area (TPSA) is 20.3 Å². The van der Waals surface area contributed by atoms with Gasteiger partial charge < -0.3 is 4.90 Å². The molecule has 1 amide bonds. The molecule has 0 aliphatic carbocycles. The fraction of sp³-hybridized carbons (Fsp3) is 0.250. The van der Waals surface area contributed by atoms with Crippen LogP contribution in [0.25, 0.3) is 0 Å². The Balaban J connectivity index is 2.34. The van der Waals surface area contributed by atoms with Crippen molar-refractivity contribution in [1.29, 1.82) is 0 Å². The molecule has 0 radical (unpaired) electrons. The summed E-state index contributed by atoms with van der Waals surface area (Å²) >= 11 is 0. The van der Waals surface area contributed by atoms with Gasteiger partial charge in [-0.15, -0.1) is 0 Å². The van der Waals surface area contributed by atoms with E-state index >= 15 is 0 Å². The van der Waals surface area contributed by atoms with Crippen LogP contribution in [0.5, 0.6) is 0 Å². The van der Waals surface area contributed by atoms with Crippen molar-refractivity contribution in [2.45, 2.75) is 19.5 Å². The monoisotopic (exact) mass is 187 g/mol. The standard InChI is InChI=1S/C12H13NO/c1-3-12(14)13-8-10-6-4-5-7-11(10)9(13)2/h3-7,9H,1,8H2,2H3/t9-/m1/s1. The van der Waals surface area contributed by atoms with Crippen LogP contribution in [-0.2, 0) is 11.3 Å². The van der Waals surface area contributed by atoms with E-state index in [-0.39, 0.29) is 11.9 Å². The minimum atomic E-state index is 0.00806. The van der Waals surface area contributed by atoms with Crippen LogP contribution in [0.15, 0.2) is 36.9 Å². The summed E-state index contributed by atoms with van der Waals surface area (Å²) in [6.45, 7) is 6.27. The average Bonchev–Trinajstić information content (AvgIpc) is 2.56. The van der Waals surface area contributed by atoms with E-state index in [0.29, 0.717) is 6.54 Å². The smallest absolute Gasteiger partial charge is 0.246 e. The predicted octanol–water partition coefficient (Wildman–Crippen LogP) is 2.28. The molecule has 0 N–H and O–H groups in total. The lowest BCUT2D eigenvalue weighted by atomic mass is 10.1. The Morgan fingerprint density at radius 1 is 1.57 bits per heavy atom. The maximum Gasteiger partial charge on any atom is 0.246 e. The Morgan fingerprint density at radius 2 is 2.29 bits per heavy atom. The molecule has 0 saturated heterocycles. The molecule has 2 nitrogen and oxygen atoms in total. The first-order valence-corrected chi connectivity index (χ1v) is 4.75. The van der Waals surface area contributed by atoms with Crippen LogP contribution in [0.1, 0.15) is 24.1 Å². The summed E-state index contributed by atoms with van der Waals surface area (Å²) in [5, 5.41) is 0. The highest BCUT2D eigenvalue weighted by atomic mass is 16.2. The number of hydrogen-bond donors (Lipinski definition) is 0. The first-order valence-electron chi connectivity index (χ1n) is 4.75. The molecule has 0 aromatic heterocycles. The second kappa shape index (κ2) is 3.29. The van der Waals surface area contributed by atoms with Gasteiger partial charge >= 0.3 is 0 Å². The molecule has 0 fully saturated rings. The molecule has 2 heteroatoms. The molecule has 72 valence electrons. The molecule has 1 aliphatic heterocycles. The fourth-order valence-corrected chi connectivity index (χ4v) is 1.96. The van der Waals surface area contributed by atoms with Crippen LogP contribution in [0.4, 0.5) is 0 Å². The molecule has 14 heavy (non-hydrogen) atoms. The maximum absolute atomic E-state index is 11.5. The highest BCUT2D eigenvalue weighted by Crippen LogP contribution is 2.32. The van der Waals surface area contributed by atoms with Gasteiger partial charge in [0.05, 0.1) is 6.04 Å². The lowest BCUT2D eigenvalue weighted by Crippen LogP contribution is -2.25. The Morgan fingerprint density at radius 3 is 2.93 bits per heavy atom.